The van der Waals surface area contributed by atoms with Gasteiger partial charge in [0.25, 0.3) is 0 Å². The minimum Gasteiger partial charge on any atom is -0.377 e. The van der Waals surface area contributed by atoms with Crippen molar-refractivity contribution in [3.63, 3.8) is 0 Å². The summed E-state index contributed by atoms with van der Waals surface area (Å²) in [7, 11) is 1.59. The molecule has 5 nitrogen and oxygen atoms in total. The Morgan fingerprint density at radius 3 is 2.41 bits per heavy atom. The van der Waals surface area contributed by atoms with Crippen molar-refractivity contribution < 1.29 is 9.13 Å². The Balaban J connectivity index is 2.76. The van der Waals surface area contributed by atoms with Gasteiger partial charge in [-0.15, -0.1) is 0 Å². The number of methoxy groups -OCH3 is 1. The van der Waals surface area contributed by atoms with Crippen molar-refractivity contribution in [3.05, 3.63) is 11.9 Å². The summed E-state index contributed by atoms with van der Waals surface area (Å²) < 4.78 is 17.1. The maximum Gasteiger partial charge on any atom is 0.158 e. The standard InChI is InChI=1S/C11H19FN4O/c1-3-5-13-9-7-10(14-6-4-12)16-11(15-9)8-17-2/h7H,3-6,8H2,1-2H3,(H2,13,14,15,16). The quantitative estimate of drug-likeness (QED) is 0.728. The molecule has 0 saturated heterocycles. The number of alkyl halides is 1. The molecule has 0 aromatic carbocycles. The number of nitrogens with zero attached hydrogens (tertiary/aromatic N) is 2. The van der Waals surface area contributed by atoms with Crippen LogP contribution in [0.5, 0.6) is 0 Å². The second kappa shape index (κ2) is 7.78. The minimum absolute atomic E-state index is 0.247. The summed E-state index contributed by atoms with van der Waals surface area (Å²) in [6.45, 7) is 3.07. The molecule has 0 aliphatic heterocycles. The van der Waals surface area contributed by atoms with Gasteiger partial charge in [-0.25, -0.2) is 14.4 Å². The molecular weight excluding hydrogens is 223 g/mol. The highest BCUT2D eigenvalue weighted by atomic mass is 19.1. The third kappa shape index (κ3) is 4.95. The van der Waals surface area contributed by atoms with Gasteiger partial charge in [-0.05, 0) is 6.42 Å². The van der Waals surface area contributed by atoms with Crippen molar-refractivity contribution in [2.45, 2.75) is 20.0 Å². The van der Waals surface area contributed by atoms with Gasteiger partial charge in [0.15, 0.2) is 5.82 Å². The van der Waals surface area contributed by atoms with Crippen molar-refractivity contribution in [1.29, 1.82) is 0 Å². The maximum atomic E-state index is 12.1. The summed E-state index contributed by atoms with van der Waals surface area (Å²) in [4.78, 5) is 8.50. The van der Waals surface area contributed by atoms with E-state index in [-0.39, 0.29) is 6.54 Å². The van der Waals surface area contributed by atoms with Gasteiger partial charge in [0.1, 0.15) is 24.9 Å². The van der Waals surface area contributed by atoms with Crippen LogP contribution in [-0.4, -0.2) is 36.8 Å². The summed E-state index contributed by atoms with van der Waals surface area (Å²) in [6.07, 6.45) is 1.01. The zero-order chi connectivity index (χ0) is 12.5. The lowest BCUT2D eigenvalue weighted by Gasteiger charge is -2.09. The Bertz CT molecular complexity index is 309. The van der Waals surface area contributed by atoms with Crippen molar-refractivity contribution in [2.75, 3.05) is 37.5 Å². The Morgan fingerprint density at radius 1 is 1.24 bits per heavy atom. The van der Waals surface area contributed by atoms with Crippen LogP contribution >= 0.6 is 0 Å². The van der Waals surface area contributed by atoms with Gasteiger partial charge in [0.05, 0.1) is 0 Å². The summed E-state index contributed by atoms with van der Waals surface area (Å²) >= 11 is 0. The lowest BCUT2D eigenvalue weighted by atomic mass is 10.4. The summed E-state index contributed by atoms with van der Waals surface area (Å²) in [5.74, 6) is 1.92. The molecule has 1 aromatic rings. The van der Waals surface area contributed by atoms with Crippen molar-refractivity contribution in [3.8, 4) is 0 Å². The van der Waals surface area contributed by atoms with Gasteiger partial charge in [0.2, 0.25) is 0 Å². The van der Waals surface area contributed by atoms with Crippen LogP contribution in [0.4, 0.5) is 16.0 Å². The van der Waals surface area contributed by atoms with Gasteiger partial charge in [0, 0.05) is 26.3 Å². The molecule has 2 N–H and O–H groups in total. The molecule has 6 heteroatoms. The Hall–Kier alpha value is -1.43. The number of aromatic nitrogens is 2. The molecule has 1 rings (SSSR count). The van der Waals surface area contributed by atoms with Crippen molar-refractivity contribution in [2.24, 2.45) is 0 Å². The van der Waals surface area contributed by atoms with Crippen LogP contribution < -0.4 is 10.6 Å². The Labute approximate surface area is 101 Å². The van der Waals surface area contributed by atoms with E-state index < -0.39 is 6.67 Å². The van der Waals surface area contributed by atoms with E-state index >= 15 is 0 Å². The fourth-order valence-electron chi connectivity index (χ4n) is 1.30. The number of hydrogen-bond donors (Lipinski definition) is 2. The molecule has 0 radical (unpaired) electrons. The smallest absolute Gasteiger partial charge is 0.158 e. The fourth-order valence-corrected chi connectivity index (χ4v) is 1.30. The number of halogens is 1. The maximum absolute atomic E-state index is 12.1. The van der Waals surface area contributed by atoms with Gasteiger partial charge < -0.3 is 15.4 Å². The lowest BCUT2D eigenvalue weighted by molar-refractivity contribution is 0.178. The van der Waals surface area contributed by atoms with Gasteiger partial charge in [-0.1, -0.05) is 6.92 Å². The van der Waals surface area contributed by atoms with Gasteiger partial charge >= 0.3 is 0 Å². The highest BCUT2D eigenvalue weighted by molar-refractivity contribution is 5.47. The van der Waals surface area contributed by atoms with E-state index in [9.17, 15) is 4.39 Å². The largest absolute Gasteiger partial charge is 0.377 e. The van der Waals surface area contributed by atoms with Gasteiger partial charge in [-0.3, -0.25) is 0 Å². The van der Waals surface area contributed by atoms with E-state index in [0.717, 1.165) is 18.8 Å². The second-order valence-corrected chi connectivity index (χ2v) is 3.53. The monoisotopic (exact) mass is 242 g/mol. The number of rotatable bonds is 8. The highest BCUT2D eigenvalue weighted by Crippen LogP contribution is 2.11. The van der Waals surface area contributed by atoms with E-state index in [4.69, 9.17) is 4.74 Å². The summed E-state index contributed by atoms with van der Waals surface area (Å²) in [5.41, 5.74) is 0. The lowest BCUT2D eigenvalue weighted by Crippen LogP contribution is -2.10. The van der Waals surface area contributed by atoms with E-state index in [1.165, 1.54) is 0 Å². The minimum atomic E-state index is -0.429. The normalized spacial score (nSPS) is 10.3. The molecule has 0 fully saturated rings. The first-order valence-electron chi connectivity index (χ1n) is 5.70. The van der Waals surface area contributed by atoms with Crippen molar-refractivity contribution >= 4 is 11.6 Å². The Kier molecular flexibility index (Phi) is 6.24. The molecule has 0 bridgehead atoms. The molecule has 0 atom stereocenters. The zero-order valence-electron chi connectivity index (χ0n) is 10.3. The molecule has 1 heterocycles. The van der Waals surface area contributed by atoms with E-state index in [0.29, 0.717) is 18.2 Å². The molecule has 96 valence electrons. The van der Waals surface area contributed by atoms with Crippen LogP contribution in [0.1, 0.15) is 19.2 Å². The molecule has 1 aromatic heterocycles. The first kappa shape index (κ1) is 13.6. The molecular formula is C11H19FN4O. The predicted octanol–water partition coefficient (Wildman–Crippen LogP) is 1.83. The predicted molar refractivity (Wildman–Crippen MR) is 66.0 cm³/mol. The molecule has 0 spiro atoms. The second-order valence-electron chi connectivity index (χ2n) is 3.53. The number of ether oxygens (including phenoxy) is 1. The number of anilines is 2. The topological polar surface area (TPSA) is 59.1 Å². The molecule has 0 unspecified atom stereocenters. The van der Waals surface area contributed by atoms with Crippen LogP contribution in [0.15, 0.2) is 6.07 Å². The number of hydrogen-bond acceptors (Lipinski definition) is 5. The van der Waals surface area contributed by atoms with Crippen LogP contribution in [0.3, 0.4) is 0 Å². The van der Waals surface area contributed by atoms with E-state index in [2.05, 4.69) is 27.5 Å². The Morgan fingerprint density at radius 2 is 1.88 bits per heavy atom. The van der Waals surface area contributed by atoms with Crippen LogP contribution in [0, 0.1) is 0 Å². The SMILES string of the molecule is CCCNc1cc(NCCF)nc(COC)n1. The average Bonchev–Trinajstić information content (AvgIpc) is 2.34. The highest BCUT2D eigenvalue weighted by Gasteiger charge is 2.03. The van der Waals surface area contributed by atoms with Crippen LogP contribution in [0.25, 0.3) is 0 Å². The van der Waals surface area contributed by atoms with Gasteiger partial charge in [-0.2, -0.15) is 0 Å². The molecule has 17 heavy (non-hydrogen) atoms. The third-order valence-electron chi connectivity index (χ3n) is 2.00. The zero-order valence-corrected chi connectivity index (χ0v) is 10.3. The van der Waals surface area contributed by atoms with Crippen molar-refractivity contribution in [1.82, 2.24) is 9.97 Å². The average molecular weight is 242 g/mol. The third-order valence-corrected chi connectivity index (χ3v) is 2.00. The van der Waals surface area contributed by atoms with E-state index in [1.807, 2.05) is 0 Å². The number of nitrogens with one attached hydrogen (secondary N) is 2. The fraction of sp³-hybridized carbons (Fsp3) is 0.636. The van der Waals surface area contributed by atoms with E-state index in [1.54, 1.807) is 13.2 Å². The van der Waals surface area contributed by atoms with Crippen LogP contribution in [0.2, 0.25) is 0 Å². The first-order valence-corrected chi connectivity index (χ1v) is 5.70. The summed E-state index contributed by atoms with van der Waals surface area (Å²) in [5, 5.41) is 6.06. The summed E-state index contributed by atoms with van der Waals surface area (Å²) in [6, 6.07) is 1.77. The van der Waals surface area contributed by atoms with Crippen LogP contribution in [-0.2, 0) is 11.3 Å². The first-order chi connectivity index (χ1) is 8.30. The molecule has 0 amide bonds. The molecule has 0 aliphatic carbocycles. The molecule has 0 saturated carbocycles. The molecule has 0 aliphatic rings.